The van der Waals surface area contributed by atoms with Crippen molar-refractivity contribution in [3.05, 3.63) is 24.3 Å². The van der Waals surface area contributed by atoms with Gasteiger partial charge in [-0.05, 0) is 43.4 Å². The summed E-state index contributed by atoms with van der Waals surface area (Å²) in [5.41, 5.74) is 0. The Kier molecular flexibility index (Phi) is 12.6. The summed E-state index contributed by atoms with van der Waals surface area (Å²) in [6.07, 6.45) is 16.3. The lowest BCUT2D eigenvalue weighted by atomic mass is 9.76. The van der Waals surface area contributed by atoms with E-state index in [9.17, 15) is 5.11 Å². The Hall–Kier alpha value is -0.560. The molecule has 1 heteroatoms. The average Bonchev–Trinajstić information content (AvgIpc) is 2.48. The van der Waals surface area contributed by atoms with E-state index >= 15 is 0 Å². The zero-order chi connectivity index (χ0) is 17.0. The fraction of sp³-hybridized carbons (Fsp3) is 0.810. The Bertz CT molecular complexity index is 303. The second-order valence-electron chi connectivity index (χ2n) is 7.18. The lowest BCUT2D eigenvalue weighted by Crippen LogP contribution is -2.20. The first-order valence-electron chi connectivity index (χ1n) is 9.45. The zero-order valence-electron chi connectivity index (χ0n) is 15.9. The molecule has 0 saturated carbocycles. The van der Waals surface area contributed by atoms with Gasteiger partial charge in [-0.3, -0.25) is 0 Å². The topological polar surface area (TPSA) is 20.2 Å². The van der Waals surface area contributed by atoms with Gasteiger partial charge >= 0.3 is 0 Å². The highest BCUT2D eigenvalue weighted by molar-refractivity contribution is 4.98. The molecule has 0 aliphatic heterocycles. The molecule has 0 amide bonds. The van der Waals surface area contributed by atoms with Gasteiger partial charge in [-0.25, -0.2) is 0 Å². The summed E-state index contributed by atoms with van der Waals surface area (Å²) in [7, 11) is 0. The van der Waals surface area contributed by atoms with Crippen molar-refractivity contribution in [3.8, 4) is 0 Å². The van der Waals surface area contributed by atoms with E-state index in [0.717, 1.165) is 12.3 Å². The Morgan fingerprint density at radius 2 is 1.50 bits per heavy atom. The number of hydrogen-bond acceptors (Lipinski definition) is 1. The van der Waals surface area contributed by atoms with Crippen LogP contribution in [0, 0.1) is 23.7 Å². The first kappa shape index (κ1) is 21.4. The monoisotopic (exact) mass is 308 g/mol. The largest absolute Gasteiger partial charge is 0.389 e. The van der Waals surface area contributed by atoms with Crippen LogP contribution in [0.5, 0.6) is 0 Å². The summed E-state index contributed by atoms with van der Waals surface area (Å²) in [6, 6.07) is 0. The first-order valence-corrected chi connectivity index (χ1v) is 9.45. The highest BCUT2D eigenvalue weighted by Crippen LogP contribution is 2.32. The molecule has 0 fully saturated rings. The van der Waals surface area contributed by atoms with E-state index in [1.807, 2.05) is 13.0 Å². The smallest absolute Gasteiger partial charge is 0.0692 e. The van der Waals surface area contributed by atoms with E-state index in [-0.39, 0.29) is 6.10 Å². The Morgan fingerprint density at radius 1 is 0.864 bits per heavy atom. The maximum absolute atomic E-state index is 9.49. The highest BCUT2D eigenvalue weighted by Gasteiger charge is 2.22. The van der Waals surface area contributed by atoms with Crippen molar-refractivity contribution in [2.75, 3.05) is 0 Å². The molecule has 5 atom stereocenters. The van der Waals surface area contributed by atoms with Crippen molar-refractivity contribution in [1.82, 2.24) is 0 Å². The van der Waals surface area contributed by atoms with Crippen molar-refractivity contribution >= 4 is 0 Å². The normalized spacial score (nSPS) is 19.4. The van der Waals surface area contributed by atoms with E-state index < -0.39 is 0 Å². The summed E-state index contributed by atoms with van der Waals surface area (Å²) in [6.45, 7) is 13.4. The predicted octanol–water partition coefficient (Wildman–Crippen LogP) is 6.38. The van der Waals surface area contributed by atoms with Gasteiger partial charge in [-0.1, -0.05) is 84.6 Å². The van der Waals surface area contributed by atoms with Crippen LogP contribution in [0.3, 0.4) is 0 Å². The summed E-state index contributed by atoms with van der Waals surface area (Å²) in [5, 5.41) is 9.49. The van der Waals surface area contributed by atoms with Crippen molar-refractivity contribution in [3.63, 3.8) is 0 Å². The second-order valence-corrected chi connectivity index (χ2v) is 7.18. The molecule has 0 spiro atoms. The molecule has 0 aromatic heterocycles. The van der Waals surface area contributed by atoms with Crippen LogP contribution in [0.4, 0.5) is 0 Å². The van der Waals surface area contributed by atoms with Crippen molar-refractivity contribution < 1.29 is 5.11 Å². The minimum absolute atomic E-state index is 0.341. The standard InChI is InChI=1S/C21H40O/c1-7-9-11-12-17(3)16-21(18(4)13-10-8-2)19(5)14-15-20(6)22/h10,13-15,17-22H,7-9,11-12,16H2,1-6H3. The fourth-order valence-electron chi connectivity index (χ4n) is 3.21. The molecule has 1 N–H and O–H groups in total. The number of hydrogen-bond donors (Lipinski definition) is 1. The summed E-state index contributed by atoms with van der Waals surface area (Å²) >= 11 is 0. The van der Waals surface area contributed by atoms with Crippen LogP contribution in [0.2, 0.25) is 0 Å². The lowest BCUT2D eigenvalue weighted by molar-refractivity contribution is 0.237. The molecule has 0 saturated heterocycles. The van der Waals surface area contributed by atoms with Gasteiger partial charge in [0.05, 0.1) is 6.10 Å². The van der Waals surface area contributed by atoms with Gasteiger partial charge in [-0.15, -0.1) is 0 Å². The van der Waals surface area contributed by atoms with Crippen LogP contribution in [-0.4, -0.2) is 11.2 Å². The van der Waals surface area contributed by atoms with Crippen LogP contribution in [-0.2, 0) is 0 Å². The molecule has 0 bridgehead atoms. The molecule has 22 heavy (non-hydrogen) atoms. The fourth-order valence-corrected chi connectivity index (χ4v) is 3.21. The van der Waals surface area contributed by atoms with Gasteiger partial charge in [0.15, 0.2) is 0 Å². The predicted molar refractivity (Wildman–Crippen MR) is 100.0 cm³/mol. The molecule has 0 rings (SSSR count). The van der Waals surface area contributed by atoms with Gasteiger partial charge in [0, 0.05) is 0 Å². The summed E-state index contributed by atoms with van der Waals surface area (Å²) < 4.78 is 0. The first-order chi connectivity index (χ1) is 10.4. The van der Waals surface area contributed by atoms with Gasteiger partial charge in [-0.2, -0.15) is 0 Å². The third-order valence-corrected chi connectivity index (χ3v) is 4.69. The van der Waals surface area contributed by atoms with Gasteiger partial charge in [0.2, 0.25) is 0 Å². The third-order valence-electron chi connectivity index (χ3n) is 4.69. The highest BCUT2D eigenvalue weighted by atomic mass is 16.3. The Labute approximate surface area is 139 Å². The lowest BCUT2D eigenvalue weighted by Gasteiger charge is -2.29. The van der Waals surface area contributed by atoms with Gasteiger partial charge in [0.25, 0.3) is 0 Å². The maximum Gasteiger partial charge on any atom is 0.0692 e. The van der Waals surface area contributed by atoms with E-state index in [2.05, 4.69) is 52.8 Å². The van der Waals surface area contributed by atoms with E-state index in [1.165, 1.54) is 32.1 Å². The number of aliphatic hydroxyl groups excluding tert-OH is 1. The quantitative estimate of drug-likeness (QED) is 0.327. The number of rotatable bonds is 12. The van der Waals surface area contributed by atoms with Crippen LogP contribution in [0.1, 0.15) is 80.1 Å². The molecule has 130 valence electrons. The van der Waals surface area contributed by atoms with Gasteiger partial charge < -0.3 is 5.11 Å². The van der Waals surface area contributed by atoms with E-state index in [1.54, 1.807) is 0 Å². The summed E-state index contributed by atoms with van der Waals surface area (Å²) in [5.74, 6) is 2.56. The number of allylic oxidation sites excluding steroid dienone is 3. The molecule has 1 nitrogen and oxygen atoms in total. The van der Waals surface area contributed by atoms with Crippen molar-refractivity contribution in [2.45, 2.75) is 86.2 Å². The molecule has 0 radical (unpaired) electrons. The molecule has 0 aromatic rings. The Morgan fingerprint density at radius 3 is 2.05 bits per heavy atom. The molecular weight excluding hydrogens is 268 g/mol. The van der Waals surface area contributed by atoms with E-state index in [0.29, 0.717) is 17.8 Å². The average molecular weight is 309 g/mol. The van der Waals surface area contributed by atoms with Crippen LogP contribution >= 0.6 is 0 Å². The van der Waals surface area contributed by atoms with Crippen molar-refractivity contribution in [2.24, 2.45) is 23.7 Å². The second kappa shape index (κ2) is 12.9. The van der Waals surface area contributed by atoms with Crippen LogP contribution in [0.25, 0.3) is 0 Å². The van der Waals surface area contributed by atoms with Crippen LogP contribution in [0.15, 0.2) is 24.3 Å². The van der Waals surface area contributed by atoms with Gasteiger partial charge in [0.1, 0.15) is 0 Å². The van der Waals surface area contributed by atoms with Crippen LogP contribution < -0.4 is 0 Å². The van der Waals surface area contributed by atoms with E-state index in [4.69, 9.17) is 0 Å². The third kappa shape index (κ3) is 10.2. The SMILES string of the molecule is CCC=CC(C)C(CC(C)CCCCC)C(C)C=CC(C)O. The zero-order valence-corrected chi connectivity index (χ0v) is 15.9. The summed E-state index contributed by atoms with van der Waals surface area (Å²) in [4.78, 5) is 0. The number of unbranched alkanes of at least 4 members (excludes halogenated alkanes) is 2. The Balaban J connectivity index is 4.73. The number of aliphatic hydroxyl groups is 1. The minimum atomic E-state index is -0.341. The molecule has 0 aromatic carbocycles. The maximum atomic E-state index is 9.49. The van der Waals surface area contributed by atoms with Crippen molar-refractivity contribution in [1.29, 1.82) is 0 Å². The molecule has 5 unspecified atom stereocenters. The minimum Gasteiger partial charge on any atom is -0.389 e. The molecule has 0 heterocycles. The molecule has 0 aliphatic carbocycles. The molecule has 0 aliphatic rings. The molecular formula is C21H40O.